The Morgan fingerprint density at radius 1 is 1.03 bits per heavy atom. The van der Waals surface area contributed by atoms with E-state index in [2.05, 4.69) is 10.3 Å². The molecule has 1 amide bonds. The first-order valence-corrected chi connectivity index (χ1v) is 11.5. The number of halogens is 2. The van der Waals surface area contributed by atoms with Crippen molar-refractivity contribution in [1.29, 1.82) is 0 Å². The third-order valence-electron chi connectivity index (χ3n) is 5.77. The summed E-state index contributed by atoms with van der Waals surface area (Å²) < 4.78 is 8.36. The van der Waals surface area contributed by atoms with Crippen LogP contribution in [0.25, 0.3) is 21.9 Å². The Kier molecular flexibility index (Phi) is 6.19. The average molecular weight is 507 g/mol. The average Bonchev–Trinajstić information content (AvgIpc) is 3.16. The number of ether oxygens (including phenoxy) is 1. The van der Waals surface area contributed by atoms with Crippen LogP contribution in [0, 0.1) is 0 Å². The summed E-state index contributed by atoms with van der Waals surface area (Å²) in [6.07, 6.45) is 1.52. The number of aromatic nitrogens is 3. The summed E-state index contributed by atoms with van der Waals surface area (Å²) in [4.78, 5) is 31.2. The monoisotopic (exact) mass is 506 g/mol. The van der Waals surface area contributed by atoms with E-state index in [-0.39, 0.29) is 24.6 Å². The zero-order chi connectivity index (χ0) is 24.5. The first-order valence-electron chi connectivity index (χ1n) is 10.8. The van der Waals surface area contributed by atoms with Crippen molar-refractivity contribution in [2.24, 2.45) is 0 Å². The van der Waals surface area contributed by atoms with Gasteiger partial charge >= 0.3 is 0 Å². The van der Waals surface area contributed by atoms with Gasteiger partial charge in [0, 0.05) is 16.1 Å². The number of para-hydroxylation sites is 1. The third-order valence-corrected chi connectivity index (χ3v) is 6.43. The van der Waals surface area contributed by atoms with Crippen LogP contribution in [-0.2, 0) is 17.9 Å². The summed E-state index contributed by atoms with van der Waals surface area (Å²) in [6, 6.07) is 19.8. The van der Waals surface area contributed by atoms with Crippen molar-refractivity contribution in [1.82, 2.24) is 14.1 Å². The number of fused-ring (bicyclic) bond motifs is 3. The highest BCUT2D eigenvalue weighted by Gasteiger charge is 2.19. The minimum atomic E-state index is -0.310. The van der Waals surface area contributed by atoms with Gasteiger partial charge in [-0.3, -0.25) is 14.2 Å². The Morgan fingerprint density at radius 3 is 2.57 bits per heavy atom. The Balaban J connectivity index is 1.55. The van der Waals surface area contributed by atoms with Crippen LogP contribution >= 0.6 is 23.2 Å². The minimum Gasteiger partial charge on any atom is -0.495 e. The topological polar surface area (TPSA) is 78.2 Å². The Labute approximate surface area is 210 Å². The summed E-state index contributed by atoms with van der Waals surface area (Å²) in [5.41, 5.74) is 2.70. The summed E-state index contributed by atoms with van der Waals surface area (Å²) in [5.74, 6) is 0.201. The molecule has 0 aliphatic heterocycles. The molecule has 0 atom stereocenters. The number of anilines is 1. The van der Waals surface area contributed by atoms with Crippen molar-refractivity contribution < 1.29 is 9.53 Å². The molecule has 176 valence electrons. The van der Waals surface area contributed by atoms with Crippen LogP contribution in [0.3, 0.4) is 0 Å². The summed E-state index contributed by atoms with van der Waals surface area (Å²) in [6.45, 7) is 0.181. The molecule has 2 aromatic heterocycles. The Morgan fingerprint density at radius 2 is 1.80 bits per heavy atom. The first kappa shape index (κ1) is 23.0. The number of nitrogens with zero attached hydrogens (tertiary/aromatic N) is 3. The molecule has 2 heterocycles. The van der Waals surface area contributed by atoms with Gasteiger partial charge in [0.25, 0.3) is 5.56 Å². The molecule has 9 heteroatoms. The van der Waals surface area contributed by atoms with Gasteiger partial charge in [0.05, 0.1) is 30.5 Å². The molecule has 0 saturated carbocycles. The van der Waals surface area contributed by atoms with Crippen molar-refractivity contribution in [2.45, 2.75) is 13.1 Å². The molecule has 0 aliphatic carbocycles. The van der Waals surface area contributed by atoms with E-state index < -0.39 is 0 Å². The fourth-order valence-corrected chi connectivity index (χ4v) is 4.58. The van der Waals surface area contributed by atoms with Gasteiger partial charge in [-0.05, 0) is 35.9 Å². The standard InChI is InChI=1S/C26H20Cl2N4O3/c1-35-22-11-10-17(12-20(22)28)30-23(33)14-32-21-9-5-3-7-18(21)24-25(32)26(34)31(15-29-24)13-16-6-2-4-8-19(16)27/h2-12,15H,13-14H2,1H3,(H,30,33). The van der Waals surface area contributed by atoms with E-state index in [1.807, 2.05) is 42.5 Å². The second-order valence-corrected chi connectivity index (χ2v) is 8.78. The maximum Gasteiger partial charge on any atom is 0.278 e. The molecule has 0 bridgehead atoms. The predicted molar refractivity (Wildman–Crippen MR) is 139 cm³/mol. The molecular formula is C26H20Cl2N4O3. The normalized spacial score (nSPS) is 11.2. The fourth-order valence-electron chi connectivity index (χ4n) is 4.12. The molecule has 0 aliphatic rings. The Bertz CT molecular complexity index is 1640. The quantitative estimate of drug-likeness (QED) is 0.336. The van der Waals surface area contributed by atoms with Crippen LogP contribution in [0.2, 0.25) is 10.0 Å². The smallest absolute Gasteiger partial charge is 0.278 e. The number of hydrogen-bond acceptors (Lipinski definition) is 4. The van der Waals surface area contributed by atoms with E-state index in [0.717, 1.165) is 16.5 Å². The van der Waals surface area contributed by atoms with Crippen LogP contribution < -0.4 is 15.6 Å². The highest BCUT2D eigenvalue weighted by Crippen LogP contribution is 2.28. The molecule has 0 spiro atoms. The highest BCUT2D eigenvalue weighted by atomic mass is 35.5. The number of rotatable bonds is 6. The summed E-state index contributed by atoms with van der Waals surface area (Å²) in [5, 5.41) is 4.58. The number of carbonyl (C=O) groups excluding carboxylic acids is 1. The predicted octanol–water partition coefficient (Wildman–Crippen LogP) is 5.35. The van der Waals surface area contributed by atoms with Crippen LogP contribution in [0.4, 0.5) is 5.69 Å². The highest BCUT2D eigenvalue weighted by molar-refractivity contribution is 6.32. The second-order valence-electron chi connectivity index (χ2n) is 7.97. The van der Waals surface area contributed by atoms with E-state index >= 15 is 0 Å². The maximum atomic E-state index is 13.6. The van der Waals surface area contributed by atoms with Crippen LogP contribution in [0.15, 0.2) is 77.9 Å². The molecule has 5 rings (SSSR count). The zero-order valence-corrected chi connectivity index (χ0v) is 20.2. The lowest BCUT2D eigenvalue weighted by atomic mass is 10.2. The number of carbonyl (C=O) groups is 1. The summed E-state index contributed by atoms with van der Waals surface area (Å²) in [7, 11) is 1.52. The van der Waals surface area contributed by atoms with Crippen molar-refractivity contribution in [2.75, 3.05) is 12.4 Å². The van der Waals surface area contributed by atoms with Crippen molar-refractivity contribution in [3.8, 4) is 5.75 Å². The largest absolute Gasteiger partial charge is 0.495 e. The van der Waals surface area contributed by atoms with Gasteiger partial charge in [-0.1, -0.05) is 59.6 Å². The van der Waals surface area contributed by atoms with Crippen LogP contribution in [0.5, 0.6) is 5.75 Å². The molecule has 0 saturated heterocycles. The number of amides is 1. The van der Waals surface area contributed by atoms with E-state index in [4.69, 9.17) is 27.9 Å². The lowest BCUT2D eigenvalue weighted by molar-refractivity contribution is -0.116. The van der Waals surface area contributed by atoms with Gasteiger partial charge in [-0.15, -0.1) is 0 Å². The van der Waals surface area contributed by atoms with Crippen LogP contribution in [0.1, 0.15) is 5.56 Å². The molecule has 0 radical (unpaired) electrons. The fraction of sp³-hybridized carbons (Fsp3) is 0.115. The van der Waals surface area contributed by atoms with Crippen molar-refractivity contribution in [3.63, 3.8) is 0 Å². The van der Waals surface area contributed by atoms with Gasteiger partial charge in [-0.2, -0.15) is 0 Å². The molecule has 0 unspecified atom stereocenters. The molecule has 3 aromatic carbocycles. The molecule has 0 fully saturated rings. The second kappa shape index (κ2) is 9.44. The lowest BCUT2D eigenvalue weighted by Gasteiger charge is -2.11. The molecule has 5 aromatic rings. The first-order chi connectivity index (χ1) is 17.0. The lowest BCUT2D eigenvalue weighted by Crippen LogP contribution is -2.25. The number of nitrogens with one attached hydrogen (secondary N) is 1. The van der Waals surface area contributed by atoms with Gasteiger partial charge in [-0.25, -0.2) is 4.98 Å². The molecular weight excluding hydrogens is 487 g/mol. The Hall–Kier alpha value is -3.81. The van der Waals surface area contributed by atoms with E-state index in [1.165, 1.54) is 18.0 Å². The minimum absolute atomic E-state index is 0.0827. The molecule has 35 heavy (non-hydrogen) atoms. The van der Waals surface area contributed by atoms with Gasteiger partial charge in [0.15, 0.2) is 0 Å². The third kappa shape index (κ3) is 4.36. The zero-order valence-electron chi connectivity index (χ0n) is 18.7. The molecule has 7 nitrogen and oxygen atoms in total. The van der Waals surface area contributed by atoms with E-state index in [0.29, 0.717) is 32.5 Å². The molecule has 1 N–H and O–H groups in total. The summed E-state index contributed by atoms with van der Waals surface area (Å²) >= 11 is 12.5. The maximum absolute atomic E-state index is 13.6. The van der Waals surface area contributed by atoms with Crippen molar-refractivity contribution >= 4 is 56.7 Å². The van der Waals surface area contributed by atoms with E-state index in [9.17, 15) is 9.59 Å². The van der Waals surface area contributed by atoms with E-state index in [1.54, 1.807) is 28.8 Å². The van der Waals surface area contributed by atoms with Crippen molar-refractivity contribution in [3.05, 3.63) is 99.0 Å². The SMILES string of the molecule is COc1ccc(NC(=O)Cn2c3ccccc3c3ncn(Cc4ccccc4Cl)c(=O)c32)cc1Cl. The number of methoxy groups -OCH3 is 1. The van der Waals surface area contributed by atoms with Gasteiger partial charge in [0.2, 0.25) is 5.91 Å². The van der Waals surface area contributed by atoms with Crippen LogP contribution in [-0.4, -0.2) is 27.1 Å². The number of benzene rings is 3. The van der Waals surface area contributed by atoms with Gasteiger partial charge < -0.3 is 14.6 Å². The number of hydrogen-bond donors (Lipinski definition) is 1. The van der Waals surface area contributed by atoms with Gasteiger partial charge in [0.1, 0.15) is 23.3 Å².